The molecule has 0 bridgehead atoms. The largest absolute Gasteiger partial charge is 3.00 e. The van der Waals surface area contributed by atoms with Gasteiger partial charge in [0, 0.05) is 0 Å². The van der Waals surface area contributed by atoms with Gasteiger partial charge < -0.3 is 19.2 Å². The minimum absolute atomic E-state index is 0. The van der Waals surface area contributed by atoms with Crippen LogP contribution in [0.25, 0.3) is 0 Å². The van der Waals surface area contributed by atoms with Gasteiger partial charge in [0.25, 0.3) is 0 Å². The van der Waals surface area contributed by atoms with Gasteiger partial charge in [-0.3, -0.25) is 0 Å². The van der Waals surface area contributed by atoms with Crippen molar-refractivity contribution in [1.82, 2.24) is 0 Å². The molecular weight excluding hydrogens is 199 g/mol. The van der Waals surface area contributed by atoms with Crippen LogP contribution in [-0.4, -0.2) is 10.5 Å². The summed E-state index contributed by atoms with van der Waals surface area (Å²) in [6.45, 7) is 0. The molecule has 0 fully saturated rings. The summed E-state index contributed by atoms with van der Waals surface area (Å²) < 4.78 is 8.55. The second-order valence-corrected chi connectivity index (χ2v) is 1.42. The second-order valence-electron chi connectivity index (χ2n) is 0.529. The van der Waals surface area contributed by atoms with Gasteiger partial charge in [-0.1, -0.05) is 5.04 Å². The standard InChI is InChI=1S/Fe.H3O4P.H2O3/c;1-5(2,3)4;1-3-2/h;(H3,1,2,3,4);1-2H/q+3;;/p-3. The van der Waals surface area contributed by atoms with E-state index in [2.05, 4.69) is 5.04 Å². The molecule has 0 aromatic heterocycles. The molecule has 2 N–H and O–H groups in total. The van der Waals surface area contributed by atoms with E-state index in [9.17, 15) is 0 Å². The van der Waals surface area contributed by atoms with Gasteiger partial charge in [-0.05, 0) is 0 Å². The zero-order valence-electron chi connectivity index (χ0n) is 3.74. The summed E-state index contributed by atoms with van der Waals surface area (Å²) in [7, 11) is -5.39. The van der Waals surface area contributed by atoms with E-state index in [1.807, 2.05) is 0 Å². The molecule has 57 valence electrons. The van der Waals surface area contributed by atoms with E-state index < -0.39 is 7.82 Å². The van der Waals surface area contributed by atoms with Gasteiger partial charge in [0.15, 0.2) is 0 Å². The Morgan fingerprint density at radius 1 is 1.22 bits per heavy atom. The van der Waals surface area contributed by atoms with Gasteiger partial charge in [0.2, 0.25) is 0 Å². The van der Waals surface area contributed by atoms with E-state index in [0.717, 1.165) is 0 Å². The Hall–Kier alpha value is 0.509. The van der Waals surface area contributed by atoms with Crippen molar-refractivity contribution in [3.05, 3.63) is 0 Å². The second kappa shape index (κ2) is 8.51. The van der Waals surface area contributed by atoms with E-state index >= 15 is 0 Å². The monoisotopic (exact) mass is 201 g/mol. The summed E-state index contributed by atoms with van der Waals surface area (Å²) in [6, 6.07) is 0. The molecule has 0 saturated heterocycles. The number of rotatable bonds is 0. The van der Waals surface area contributed by atoms with E-state index in [-0.39, 0.29) is 17.1 Å². The van der Waals surface area contributed by atoms with E-state index in [1.165, 1.54) is 0 Å². The molecule has 0 atom stereocenters. The van der Waals surface area contributed by atoms with Crippen LogP contribution in [0.15, 0.2) is 0 Å². The zero-order valence-corrected chi connectivity index (χ0v) is 5.74. The molecule has 0 amide bonds. The summed E-state index contributed by atoms with van der Waals surface area (Å²) in [6.07, 6.45) is 0. The fourth-order valence-electron chi connectivity index (χ4n) is 0. The third-order valence-corrected chi connectivity index (χ3v) is 0. The van der Waals surface area contributed by atoms with Gasteiger partial charge in [0.1, 0.15) is 0 Å². The Labute approximate surface area is 60.5 Å². The van der Waals surface area contributed by atoms with Gasteiger partial charge in [0.05, 0.1) is 0 Å². The molecule has 0 rings (SSSR count). The summed E-state index contributed by atoms with van der Waals surface area (Å²) in [4.78, 5) is 25.6. The molecule has 0 aromatic carbocycles. The molecule has 0 aliphatic rings. The van der Waals surface area contributed by atoms with Crippen LogP contribution in [0.2, 0.25) is 0 Å². The van der Waals surface area contributed by atoms with Crippen LogP contribution < -0.4 is 14.7 Å². The quantitative estimate of drug-likeness (QED) is 0.186. The van der Waals surface area contributed by atoms with Crippen molar-refractivity contribution >= 4 is 7.82 Å². The first-order valence-corrected chi connectivity index (χ1v) is 2.56. The van der Waals surface area contributed by atoms with E-state index in [0.29, 0.717) is 0 Å². The average Bonchev–Trinajstić information content (AvgIpc) is 1.27. The van der Waals surface area contributed by atoms with Crippen LogP contribution in [0.5, 0.6) is 0 Å². The molecule has 0 saturated carbocycles. The Morgan fingerprint density at radius 2 is 1.22 bits per heavy atom. The molecule has 0 unspecified atom stereocenters. The van der Waals surface area contributed by atoms with Crippen molar-refractivity contribution < 1.29 is 51.9 Å². The molecule has 9 heteroatoms. The van der Waals surface area contributed by atoms with Crippen molar-refractivity contribution in [1.29, 1.82) is 0 Å². The topological polar surface area (TPSA) is 136 Å². The van der Waals surface area contributed by atoms with Crippen LogP contribution in [0.3, 0.4) is 0 Å². The molecule has 9 heavy (non-hydrogen) atoms. The fourth-order valence-corrected chi connectivity index (χ4v) is 0. The first kappa shape index (κ1) is 16.3. The molecule has 0 aromatic rings. The maximum atomic E-state index is 8.55. The number of hydrogen-bond donors (Lipinski definition) is 2. The van der Waals surface area contributed by atoms with Crippen molar-refractivity contribution in [3.8, 4) is 0 Å². The van der Waals surface area contributed by atoms with Gasteiger partial charge in [-0.15, -0.1) is 0 Å². The first-order valence-electron chi connectivity index (χ1n) is 1.10. The Balaban J connectivity index is -0.0000000800. The number of hydrogen-bond acceptors (Lipinski definition) is 7. The summed E-state index contributed by atoms with van der Waals surface area (Å²) in [5, 5.41) is 15.5. The summed E-state index contributed by atoms with van der Waals surface area (Å²) >= 11 is 0. The third-order valence-electron chi connectivity index (χ3n) is 0. The Morgan fingerprint density at radius 3 is 1.22 bits per heavy atom. The van der Waals surface area contributed by atoms with E-state index in [4.69, 9.17) is 29.8 Å². The zero-order chi connectivity index (χ0) is 7.21. The molecule has 1 radical (unpaired) electrons. The molecule has 0 heterocycles. The van der Waals surface area contributed by atoms with Crippen molar-refractivity contribution in [2.75, 3.05) is 0 Å². The van der Waals surface area contributed by atoms with Crippen LogP contribution in [0.1, 0.15) is 0 Å². The maximum absolute atomic E-state index is 8.55. The Kier molecular flexibility index (Phi) is 15.4. The molecule has 0 aliphatic carbocycles. The van der Waals surface area contributed by atoms with Gasteiger partial charge in [-0.25, -0.2) is 10.5 Å². The van der Waals surface area contributed by atoms with Crippen molar-refractivity contribution in [3.63, 3.8) is 0 Å². The van der Waals surface area contributed by atoms with Crippen LogP contribution in [-0.2, 0) is 26.7 Å². The van der Waals surface area contributed by atoms with Gasteiger partial charge >= 0.3 is 17.1 Å². The van der Waals surface area contributed by atoms with Gasteiger partial charge in [-0.2, -0.15) is 7.82 Å². The first-order chi connectivity index (χ1) is 3.41. The normalized spacial score (nSPS) is 8.56. The Bertz CT molecular complexity index is 64.7. The van der Waals surface area contributed by atoms with Crippen LogP contribution in [0, 0.1) is 0 Å². The third kappa shape index (κ3) is 1390. The molecule has 7 nitrogen and oxygen atoms in total. The predicted octanol–water partition coefficient (Wildman–Crippen LogP) is -2.88. The van der Waals surface area contributed by atoms with Crippen molar-refractivity contribution in [2.45, 2.75) is 0 Å². The predicted molar refractivity (Wildman–Crippen MR) is 13.9 cm³/mol. The summed E-state index contributed by atoms with van der Waals surface area (Å²) in [5.74, 6) is 0. The molecule has 0 aliphatic heterocycles. The fraction of sp³-hybridized carbons (Fsp3) is 0. The van der Waals surface area contributed by atoms with Crippen LogP contribution in [0.4, 0.5) is 0 Å². The van der Waals surface area contributed by atoms with E-state index in [1.54, 1.807) is 0 Å². The minimum Gasteiger partial charge on any atom is -0.822 e. The SMILES string of the molecule is O=P([O-])([O-])[O-].OOO.[Fe+3]. The maximum Gasteiger partial charge on any atom is 3.00 e. The average molecular weight is 201 g/mol. The molecular formula is H2FeO7P. The molecule has 0 spiro atoms. The summed E-state index contributed by atoms with van der Waals surface area (Å²) in [5.41, 5.74) is 0. The smallest absolute Gasteiger partial charge is 0.822 e. The number of phosphoric acid groups is 1. The minimum atomic E-state index is -5.39. The van der Waals surface area contributed by atoms with Crippen molar-refractivity contribution in [2.24, 2.45) is 0 Å². The van der Waals surface area contributed by atoms with Crippen LogP contribution >= 0.6 is 7.82 Å².